The molecule has 4 aromatic carbocycles. The Labute approximate surface area is 226 Å². The standard InChI is InChI=1S/C33H27N3O3/c1-19-8-6-12-24-28(19)35-31(39)33(24)32(23-11-4-5-13-25(23)34-30(32)38)27(26-14-7-17-36(26)33)29(37)22-16-15-20-9-2-3-10-21(20)18-22/h2-6,8-13,15-16,18,26-27H,7,14,17H2,1H3,(H,34,38)(H,35,39)/t26-,27+,32-,33-/m1/s1. The third-order valence-corrected chi connectivity index (χ3v) is 9.66. The minimum Gasteiger partial charge on any atom is -0.325 e. The molecule has 192 valence electrons. The number of hydrogen-bond acceptors (Lipinski definition) is 4. The lowest BCUT2D eigenvalue weighted by Crippen LogP contribution is -2.62. The fourth-order valence-electron chi connectivity index (χ4n) is 8.27. The van der Waals surface area contributed by atoms with Gasteiger partial charge in [0.25, 0.3) is 5.91 Å². The normalized spacial score (nSPS) is 28.5. The second-order valence-electron chi connectivity index (χ2n) is 11.3. The Morgan fingerprint density at radius 1 is 0.846 bits per heavy atom. The third-order valence-electron chi connectivity index (χ3n) is 9.66. The van der Waals surface area contributed by atoms with Gasteiger partial charge in [0, 0.05) is 28.5 Å². The molecule has 4 aliphatic rings. The molecule has 2 amide bonds. The number of carbonyl (C=O) groups is 3. The highest BCUT2D eigenvalue weighted by Gasteiger charge is 2.81. The SMILES string of the molecule is Cc1cccc2c1NC(=O)[C@]21N2CCC[C@@H]2[C@@H](C(=O)c2ccc3ccccc3c2)[C@]12C(=O)Nc1ccccc12. The Bertz CT molecular complexity index is 1760. The van der Waals surface area contributed by atoms with E-state index >= 15 is 0 Å². The second kappa shape index (κ2) is 7.64. The van der Waals surface area contributed by atoms with E-state index in [0.29, 0.717) is 17.8 Å². The van der Waals surface area contributed by atoms with Crippen LogP contribution in [0.3, 0.4) is 0 Å². The van der Waals surface area contributed by atoms with E-state index < -0.39 is 16.9 Å². The van der Waals surface area contributed by atoms with E-state index in [1.165, 1.54) is 0 Å². The summed E-state index contributed by atoms with van der Waals surface area (Å²) in [4.78, 5) is 46.1. The molecule has 4 heterocycles. The topological polar surface area (TPSA) is 78.5 Å². The van der Waals surface area contributed by atoms with Gasteiger partial charge in [-0.2, -0.15) is 0 Å². The van der Waals surface area contributed by atoms with Crippen LogP contribution < -0.4 is 10.6 Å². The van der Waals surface area contributed by atoms with Crippen molar-refractivity contribution in [2.45, 2.75) is 36.8 Å². The van der Waals surface area contributed by atoms with E-state index in [-0.39, 0.29) is 23.6 Å². The van der Waals surface area contributed by atoms with Gasteiger partial charge in [-0.15, -0.1) is 0 Å². The molecular formula is C33H27N3O3. The molecule has 2 saturated heterocycles. The first-order chi connectivity index (χ1) is 19.0. The molecule has 6 nitrogen and oxygen atoms in total. The second-order valence-corrected chi connectivity index (χ2v) is 11.3. The lowest BCUT2D eigenvalue weighted by Gasteiger charge is -2.43. The van der Waals surface area contributed by atoms with Gasteiger partial charge in [-0.25, -0.2) is 0 Å². The molecule has 0 aliphatic carbocycles. The molecular weight excluding hydrogens is 486 g/mol. The van der Waals surface area contributed by atoms with Crippen LogP contribution >= 0.6 is 0 Å². The maximum Gasteiger partial charge on any atom is 0.251 e. The van der Waals surface area contributed by atoms with Gasteiger partial charge in [-0.3, -0.25) is 19.3 Å². The molecule has 4 atom stereocenters. The molecule has 6 heteroatoms. The van der Waals surface area contributed by atoms with Crippen molar-refractivity contribution < 1.29 is 14.4 Å². The van der Waals surface area contributed by atoms with Crippen LogP contribution in [0, 0.1) is 12.8 Å². The van der Waals surface area contributed by atoms with E-state index in [1.807, 2.05) is 91.9 Å². The van der Waals surface area contributed by atoms with Gasteiger partial charge in [-0.1, -0.05) is 72.8 Å². The van der Waals surface area contributed by atoms with Crippen LogP contribution in [-0.4, -0.2) is 35.1 Å². The summed E-state index contributed by atoms with van der Waals surface area (Å²) in [6, 6.07) is 27.0. The molecule has 4 aliphatic heterocycles. The van der Waals surface area contributed by atoms with E-state index in [0.717, 1.165) is 46.0 Å². The molecule has 8 rings (SSSR count). The highest BCUT2D eigenvalue weighted by molar-refractivity contribution is 6.21. The van der Waals surface area contributed by atoms with Crippen LogP contribution in [-0.2, 0) is 20.5 Å². The van der Waals surface area contributed by atoms with Crippen LogP contribution in [0.5, 0.6) is 0 Å². The number of aryl methyl sites for hydroxylation is 1. The molecule has 2 fully saturated rings. The van der Waals surface area contributed by atoms with Crippen LogP contribution in [0.15, 0.2) is 84.9 Å². The predicted octanol–water partition coefficient (Wildman–Crippen LogP) is 5.16. The van der Waals surface area contributed by atoms with E-state index in [4.69, 9.17) is 0 Å². The molecule has 39 heavy (non-hydrogen) atoms. The van der Waals surface area contributed by atoms with Gasteiger partial charge in [0.1, 0.15) is 11.0 Å². The zero-order valence-corrected chi connectivity index (χ0v) is 21.5. The monoisotopic (exact) mass is 513 g/mol. The maximum atomic E-state index is 14.8. The molecule has 0 unspecified atom stereocenters. The first kappa shape index (κ1) is 22.7. The van der Waals surface area contributed by atoms with Gasteiger partial charge in [0.05, 0.1) is 5.92 Å². The number of ketones is 1. The van der Waals surface area contributed by atoms with E-state index in [9.17, 15) is 14.4 Å². The smallest absolute Gasteiger partial charge is 0.251 e. The average molecular weight is 514 g/mol. The van der Waals surface area contributed by atoms with Gasteiger partial charge in [-0.05, 0) is 60.3 Å². The van der Waals surface area contributed by atoms with Crippen molar-refractivity contribution in [2.75, 3.05) is 17.2 Å². The largest absolute Gasteiger partial charge is 0.325 e. The zero-order chi connectivity index (χ0) is 26.5. The highest BCUT2D eigenvalue weighted by atomic mass is 16.2. The Hall–Kier alpha value is -4.29. The Morgan fingerprint density at radius 2 is 1.62 bits per heavy atom. The van der Waals surface area contributed by atoms with Crippen molar-refractivity contribution in [3.8, 4) is 0 Å². The molecule has 0 aromatic heterocycles. The van der Waals surface area contributed by atoms with Crippen molar-refractivity contribution in [2.24, 2.45) is 5.92 Å². The van der Waals surface area contributed by atoms with E-state index in [2.05, 4.69) is 15.5 Å². The minimum atomic E-state index is -1.42. The summed E-state index contributed by atoms with van der Waals surface area (Å²) >= 11 is 0. The number of benzene rings is 4. The number of anilines is 2. The van der Waals surface area contributed by atoms with Gasteiger partial charge in [0.15, 0.2) is 5.78 Å². The van der Waals surface area contributed by atoms with Crippen LogP contribution in [0.25, 0.3) is 10.8 Å². The van der Waals surface area contributed by atoms with Crippen LogP contribution in [0.2, 0.25) is 0 Å². The van der Waals surface area contributed by atoms with Gasteiger partial charge >= 0.3 is 0 Å². The van der Waals surface area contributed by atoms with Gasteiger partial charge < -0.3 is 10.6 Å². The number of para-hydroxylation sites is 2. The summed E-state index contributed by atoms with van der Waals surface area (Å²) in [6.45, 7) is 2.62. The van der Waals surface area contributed by atoms with Gasteiger partial charge in [0.2, 0.25) is 5.91 Å². The minimum absolute atomic E-state index is 0.0877. The Morgan fingerprint density at radius 3 is 2.49 bits per heavy atom. The predicted molar refractivity (Wildman–Crippen MR) is 150 cm³/mol. The quantitative estimate of drug-likeness (QED) is 0.363. The highest BCUT2D eigenvalue weighted by Crippen LogP contribution is 2.68. The molecule has 4 aromatic rings. The van der Waals surface area contributed by atoms with Crippen LogP contribution in [0.1, 0.15) is 39.9 Å². The number of Topliss-reactive ketones (excluding diaryl/α,β-unsaturated/α-hetero) is 1. The number of nitrogens with one attached hydrogen (secondary N) is 2. The maximum absolute atomic E-state index is 14.8. The molecule has 0 bridgehead atoms. The van der Waals surface area contributed by atoms with E-state index in [1.54, 1.807) is 0 Å². The third kappa shape index (κ3) is 2.53. The Balaban J connectivity index is 1.46. The van der Waals surface area contributed by atoms with Crippen LogP contribution in [0.4, 0.5) is 11.4 Å². The van der Waals surface area contributed by atoms with Crippen molar-refractivity contribution in [1.29, 1.82) is 0 Å². The first-order valence-electron chi connectivity index (χ1n) is 13.6. The number of fused-ring (bicyclic) bond motifs is 8. The molecule has 0 radical (unpaired) electrons. The average Bonchev–Trinajstić information content (AvgIpc) is 3.67. The van der Waals surface area contributed by atoms with Crippen molar-refractivity contribution >= 4 is 39.7 Å². The lowest BCUT2D eigenvalue weighted by molar-refractivity contribution is -0.137. The number of nitrogens with zero attached hydrogens (tertiary/aromatic N) is 1. The van der Waals surface area contributed by atoms with Crippen molar-refractivity contribution in [3.63, 3.8) is 0 Å². The number of hydrogen-bond donors (Lipinski definition) is 2. The number of carbonyl (C=O) groups excluding carboxylic acids is 3. The molecule has 2 spiro atoms. The summed E-state index contributed by atoms with van der Waals surface area (Å²) in [5, 5.41) is 8.30. The lowest BCUT2D eigenvalue weighted by atomic mass is 9.57. The number of amides is 2. The first-order valence-corrected chi connectivity index (χ1v) is 13.6. The fraction of sp³-hybridized carbons (Fsp3) is 0.242. The van der Waals surface area contributed by atoms with Crippen molar-refractivity contribution in [1.82, 2.24) is 4.90 Å². The fourth-order valence-corrected chi connectivity index (χ4v) is 8.27. The molecule has 0 saturated carbocycles. The summed E-state index contributed by atoms with van der Waals surface area (Å²) in [5.74, 6) is -1.32. The molecule has 2 N–H and O–H groups in total. The summed E-state index contributed by atoms with van der Waals surface area (Å²) in [7, 11) is 0. The summed E-state index contributed by atoms with van der Waals surface area (Å²) < 4.78 is 0. The van der Waals surface area contributed by atoms with Crippen molar-refractivity contribution in [3.05, 3.63) is 107 Å². The summed E-state index contributed by atoms with van der Waals surface area (Å²) in [5.41, 5.74) is 1.72. The summed E-state index contributed by atoms with van der Waals surface area (Å²) in [6.07, 6.45) is 1.61. The number of rotatable bonds is 2. The Kier molecular flexibility index (Phi) is 4.44. The zero-order valence-electron chi connectivity index (χ0n) is 21.5.